The Morgan fingerprint density at radius 3 is 2.61 bits per heavy atom. The van der Waals surface area contributed by atoms with E-state index in [1.54, 1.807) is 0 Å². The lowest BCUT2D eigenvalue weighted by molar-refractivity contribution is 0.325. The van der Waals surface area contributed by atoms with Crippen molar-refractivity contribution in [2.24, 2.45) is 0 Å². The van der Waals surface area contributed by atoms with Crippen LogP contribution in [0.5, 0.6) is 17.5 Å². The Morgan fingerprint density at radius 1 is 1.17 bits per heavy atom. The van der Waals surface area contributed by atoms with E-state index in [0.717, 1.165) is 5.56 Å². The fourth-order valence-corrected chi connectivity index (χ4v) is 1.47. The topological polar surface area (TPSA) is 70.3 Å². The molecule has 5 nitrogen and oxygen atoms in total. The monoisotopic (exact) mass is 245 g/mol. The summed E-state index contributed by atoms with van der Waals surface area (Å²) in [5.41, 5.74) is 7.21. The van der Waals surface area contributed by atoms with Crippen LogP contribution in [0.1, 0.15) is 12.5 Å². The Kier molecular flexibility index (Phi) is 3.62. The fourth-order valence-electron chi connectivity index (χ4n) is 1.47. The minimum Gasteiger partial charge on any atom is -0.476 e. The molecule has 0 amide bonds. The van der Waals surface area contributed by atoms with Crippen LogP contribution in [0.4, 0.5) is 5.69 Å². The van der Waals surface area contributed by atoms with E-state index in [1.807, 2.05) is 38.1 Å². The number of para-hydroxylation sites is 1. The van der Waals surface area contributed by atoms with Crippen molar-refractivity contribution in [3.05, 3.63) is 36.2 Å². The summed E-state index contributed by atoms with van der Waals surface area (Å²) >= 11 is 0. The zero-order chi connectivity index (χ0) is 13.0. The highest BCUT2D eigenvalue weighted by atomic mass is 16.5. The van der Waals surface area contributed by atoms with Crippen LogP contribution in [0.25, 0.3) is 0 Å². The molecule has 0 unspecified atom stereocenters. The van der Waals surface area contributed by atoms with Crippen molar-refractivity contribution in [2.45, 2.75) is 13.8 Å². The Balaban J connectivity index is 2.30. The Bertz CT molecular complexity index is 544. The summed E-state index contributed by atoms with van der Waals surface area (Å²) in [6.45, 7) is 4.31. The Labute approximate surface area is 106 Å². The van der Waals surface area contributed by atoms with Gasteiger partial charge in [-0.1, -0.05) is 18.2 Å². The van der Waals surface area contributed by atoms with Gasteiger partial charge in [0.05, 0.1) is 6.61 Å². The summed E-state index contributed by atoms with van der Waals surface area (Å²) in [6, 6.07) is 7.65. The molecule has 5 heteroatoms. The average molecular weight is 245 g/mol. The van der Waals surface area contributed by atoms with Crippen molar-refractivity contribution >= 4 is 5.69 Å². The fraction of sp³-hybridized carbons (Fsp3) is 0.231. The lowest BCUT2D eigenvalue weighted by atomic mass is 10.2. The largest absolute Gasteiger partial charge is 0.476 e. The van der Waals surface area contributed by atoms with Crippen LogP contribution in [-0.4, -0.2) is 16.6 Å². The molecule has 1 aromatic carbocycles. The molecule has 0 aliphatic carbocycles. The van der Waals surface area contributed by atoms with Gasteiger partial charge in [-0.15, -0.1) is 0 Å². The van der Waals surface area contributed by atoms with Crippen molar-refractivity contribution in [2.75, 3.05) is 12.3 Å². The summed E-state index contributed by atoms with van der Waals surface area (Å²) in [5.74, 6) is 1.36. The quantitative estimate of drug-likeness (QED) is 0.896. The third kappa shape index (κ3) is 2.51. The maximum absolute atomic E-state index is 5.89. The van der Waals surface area contributed by atoms with Crippen molar-refractivity contribution in [3.63, 3.8) is 0 Å². The molecule has 0 aliphatic rings. The van der Waals surface area contributed by atoms with Gasteiger partial charge in [-0.05, 0) is 25.5 Å². The molecule has 1 heterocycles. The molecular weight excluding hydrogens is 230 g/mol. The van der Waals surface area contributed by atoms with Crippen LogP contribution in [0.3, 0.4) is 0 Å². The second kappa shape index (κ2) is 5.35. The smallest absolute Gasteiger partial charge is 0.249 e. The number of benzene rings is 1. The third-order valence-electron chi connectivity index (χ3n) is 2.39. The van der Waals surface area contributed by atoms with Crippen LogP contribution in [0.2, 0.25) is 0 Å². The number of hydrogen-bond acceptors (Lipinski definition) is 5. The molecule has 0 saturated heterocycles. The molecule has 2 aromatic rings. The zero-order valence-corrected chi connectivity index (χ0v) is 10.4. The molecule has 0 radical (unpaired) electrons. The van der Waals surface area contributed by atoms with Crippen LogP contribution in [0, 0.1) is 6.92 Å². The minimum atomic E-state index is 0.308. The maximum atomic E-state index is 5.89. The summed E-state index contributed by atoms with van der Waals surface area (Å²) in [7, 11) is 0. The van der Waals surface area contributed by atoms with Crippen LogP contribution >= 0.6 is 0 Å². The third-order valence-corrected chi connectivity index (χ3v) is 2.39. The summed E-state index contributed by atoms with van der Waals surface area (Å²) < 4.78 is 11.0. The first-order chi connectivity index (χ1) is 8.72. The minimum absolute atomic E-state index is 0.308. The molecular formula is C13H15N3O2. The van der Waals surface area contributed by atoms with Gasteiger partial charge >= 0.3 is 0 Å². The van der Waals surface area contributed by atoms with Gasteiger partial charge in [0.1, 0.15) is 12.1 Å². The molecule has 1 aromatic heterocycles. The molecule has 0 aliphatic heterocycles. The van der Waals surface area contributed by atoms with Gasteiger partial charge in [0, 0.05) is 0 Å². The number of anilines is 1. The number of hydrogen-bond donors (Lipinski definition) is 1. The number of nitrogens with zero attached hydrogens (tertiary/aromatic N) is 2. The summed E-state index contributed by atoms with van der Waals surface area (Å²) in [4.78, 5) is 7.97. The molecule has 2 N–H and O–H groups in total. The summed E-state index contributed by atoms with van der Waals surface area (Å²) in [5, 5.41) is 0. The summed E-state index contributed by atoms with van der Waals surface area (Å²) in [6.07, 6.45) is 1.37. The van der Waals surface area contributed by atoms with E-state index in [4.69, 9.17) is 15.2 Å². The molecule has 0 atom stereocenters. The number of nitrogens with two attached hydrogens (primary N) is 1. The van der Waals surface area contributed by atoms with Crippen molar-refractivity contribution in [1.82, 2.24) is 9.97 Å². The number of aromatic nitrogens is 2. The molecule has 2 rings (SSSR count). The predicted octanol–water partition coefficient (Wildman–Crippen LogP) is 2.56. The molecule has 0 saturated carbocycles. The second-order valence-corrected chi connectivity index (χ2v) is 3.70. The number of ether oxygens (including phenoxy) is 2. The average Bonchev–Trinajstić information content (AvgIpc) is 2.37. The standard InChI is InChI=1S/C13H15N3O2/c1-3-17-12-11(14)13(16-8-15-12)18-10-7-5-4-6-9(10)2/h4-8H,3,14H2,1-2H3. The van der Waals surface area contributed by atoms with Gasteiger partial charge in [0.15, 0.2) is 5.69 Å². The molecule has 94 valence electrons. The van der Waals surface area contributed by atoms with Gasteiger partial charge in [-0.25, -0.2) is 0 Å². The normalized spacial score (nSPS) is 10.1. The highest BCUT2D eigenvalue weighted by Gasteiger charge is 2.11. The van der Waals surface area contributed by atoms with Crippen LogP contribution in [0.15, 0.2) is 30.6 Å². The lowest BCUT2D eigenvalue weighted by Crippen LogP contribution is -2.03. The van der Waals surface area contributed by atoms with E-state index in [-0.39, 0.29) is 0 Å². The van der Waals surface area contributed by atoms with E-state index in [1.165, 1.54) is 6.33 Å². The van der Waals surface area contributed by atoms with Gasteiger partial charge < -0.3 is 15.2 Å². The van der Waals surface area contributed by atoms with Crippen molar-refractivity contribution in [1.29, 1.82) is 0 Å². The van der Waals surface area contributed by atoms with Gasteiger partial charge in [-0.2, -0.15) is 9.97 Å². The van der Waals surface area contributed by atoms with Gasteiger partial charge in [0.2, 0.25) is 11.8 Å². The predicted molar refractivity (Wildman–Crippen MR) is 68.9 cm³/mol. The Morgan fingerprint density at radius 2 is 1.89 bits per heavy atom. The second-order valence-electron chi connectivity index (χ2n) is 3.70. The van der Waals surface area contributed by atoms with E-state index in [0.29, 0.717) is 29.8 Å². The van der Waals surface area contributed by atoms with E-state index < -0.39 is 0 Å². The number of aryl methyl sites for hydroxylation is 1. The highest BCUT2D eigenvalue weighted by molar-refractivity contribution is 5.57. The Hall–Kier alpha value is -2.30. The van der Waals surface area contributed by atoms with Gasteiger partial charge in [-0.3, -0.25) is 0 Å². The van der Waals surface area contributed by atoms with E-state index in [2.05, 4.69) is 9.97 Å². The molecule has 0 bridgehead atoms. The first kappa shape index (κ1) is 12.2. The van der Waals surface area contributed by atoms with Crippen LogP contribution in [-0.2, 0) is 0 Å². The number of rotatable bonds is 4. The zero-order valence-electron chi connectivity index (χ0n) is 10.4. The van der Waals surface area contributed by atoms with Crippen molar-refractivity contribution in [3.8, 4) is 17.5 Å². The highest BCUT2D eigenvalue weighted by Crippen LogP contribution is 2.31. The SMILES string of the molecule is CCOc1ncnc(Oc2ccccc2C)c1N. The van der Waals surface area contributed by atoms with Crippen molar-refractivity contribution < 1.29 is 9.47 Å². The number of nitrogen functional groups attached to an aromatic ring is 1. The molecule has 0 spiro atoms. The molecule has 0 fully saturated rings. The van der Waals surface area contributed by atoms with E-state index in [9.17, 15) is 0 Å². The van der Waals surface area contributed by atoms with Crippen LogP contribution < -0.4 is 15.2 Å². The first-order valence-corrected chi connectivity index (χ1v) is 5.69. The first-order valence-electron chi connectivity index (χ1n) is 5.69. The van der Waals surface area contributed by atoms with E-state index >= 15 is 0 Å². The molecule has 18 heavy (non-hydrogen) atoms. The van der Waals surface area contributed by atoms with Gasteiger partial charge in [0.25, 0.3) is 0 Å². The maximum Gasteiger partial charge on any atom is 0.249 e. The lowest BCUT2D eigenvalue weighted by Gasteiger charge is -2.11.